The number of hydrogen-bond acceptors (Lipinski definition) is 2. The number of aryl methyl sites for hydroxylation is 1. The fraction of sp³-hybridized carbons (Fsp3) is 0.611. The predicted molar refractivity (Wildman–Crippen MR) is 84.8 cm³/mol. The molecule has 3 heteroatoms. The van der Waals surface area contributed by atoms with Crippen LogP contribution < -0.4 is 5.32 Å². The molecule has 3 aliphatic carbocycles. The van der Waals surface area contributed by atoms with Crippen molar-refractivity contribution < 1.29 is 0 Å². The highest BCUT2D eigenvalue weighted by Gasteiger charge is 2.62. The molecule has 4 rings (SSSR count). The summed E-state index contributed by atoms with van der Waals surface area (Å²) >= 11 is 0. The number of allylic oxidation sites excluding steroid dienone is 3. The Kier molecular flexibility index (Phi) is 3.07. The van der Waals surface area contributed by atoms with Gasteiger partial charge in [0.1, 0.15) is 0 Å². The zero-order valence-corrected chi connectivity index (χ0v) is 12.9. The summed E-state index contributed by atoms with van der Waals surface area (Å²) in [4.78, 5) is 0. The van der Waals surface area contributed by atoms with E-state index in [0.717, 1.165) is 48.5 Å². The Morgan fingerprint density at radius 1 is 1.48 bits per heavy atom. The maximum absolute atomic E-state index is 4.52. The first-order chi connectivity index (χ1) is 10.2. The van der Waals surface area contributed by atoms with Gasteiger partial charge in [0.15, 0.2) is 0 Å². The van der Waals surface area contributed by atoms with Crippen LogP contribution in [-0.4, -0.2) is 16.3 Å². The maximum Gasteiger partial charge on any atom is 0.0638 e. The van der Waals surface area contributed by atoms with Crippen LogP contribution in [0.5, 0.6) is 0 Å². The molecule has 3 nitrogen and oxygen atoms in total. The summed E-state index contributed by atoms with van der Waals surface area (Å²) in [7, 11) is 0. The Morgan fingerprint density at radius 3 is 3.05 bits per heavy atom. The summed E-state index contributed by atoms with van der Waals surface area (Å²) in [6.45, 7) is 8.74. The van der Waals surface area contributed by atoms with Crippen LogP contribution in [0, 0.1) is 30.1 Å². The quantitative estimate of drug-likeness (QED) is 0.813. The van der Waals surface area contributed by atoms with Crippen molar-refractivity contribution >= 4 is 0 Å². The average Bonchev–Trinajstić information content (AvgIpc) is 3.01. The minimum absolute atomic E-state index is 0.719. The first-order valence-electron chi connectivity index (χ1n) is 8.26. The summed E-state index contributed by atoms with van der Waals surface area (Å²) < 4.78 is 1.97. The second-order valence-electron chi connectivity index (χ2n) is 7.13. The van der Waals surface area contributed by atoms with Gasteiger partial charge in [-0.05, 0) is 55.9 Å². The van der Waals surface area contributed by atoms with Gasteiger partial charge in [-0.25, -0.2) is 0 Å². The third-order valence-corrected chi connectivity index (χ3v) is 5.93. The summed E-state index contributed by atoms with van der Waals surface area (Å²) in [6, 6.07) is 0. The fourth-order valence-electron chi connectivity index (χ4n) is 4.71. The number of nitrogens with one attached hydrogen (secondary N) is 1. The van der Waals surface area contributed by atoms with Crippen LogP contribution in [-0.2, 0) is 13.1 Å². The van der Waals surface area contributed by atoms with E-state index in [-0.39, 0.29) is 0 Å². The van der Waals surface area contributed by atoms with Crippen molar-refractivity contribution in [2.45, 2.75) is 39.3 Å². The van der Waals surface area contributed by atoms with E-state index in [1.54, 1.807) is 0 Å². The first kappa shape index (κ1) is 13.3. The van der Waals surface area contributed by atoms with Crippen LogP contribution >= 0.6 is 0 Å². The zero-order chi connectivity index (χ0) is 14.4. The molecule has 3 atom stereocenters. The molecule has 1 heterocycles. The monoisotopic (exact) mass is 283 g/mol. The second kappa shape index (κ2) is 4.84. The molecule has 0 saturated heterocycles. The van der Waals surface area contributed by atoms with E-state index in [4.69, 9.17) is 0 Å². The van der Waals surface area contributed by atoms with E-state index in [9.17, 15) is 0 Å². The highest BCUT2D eigenvalue weighted by atomic mass is 15.3. The van der Waals surface area contributed by atoms with Gasteiger partial charge in [-0.2, -0.15) is 5.10 Å². The van der Waals surface area contributed by atoms with Gasteiger partial charge in [0.25, 0.3) is 0 Å². The van der Waals surface area contributed by atoms with E-state index in [1.165, 1.54) is 24.8 Å². The third-order valence-electron chi connectivity index (χ3n) is 5.93. The van der Waals surface area contributed by atoms with E-state index >= 15 is 0 Å². The minimum Gasteiger partial charge on any atom is -0.312 e. The van der Waals surface area contributed by atoms with Crippen LogP contribution in [0.25, 0.3) is 0 Å². The molecular weight excluding hydrogens is 258 g/mol. The Hall–Kier alpha value is -1.35. The van der Waals surface area contributed by atoms with Crippen LogP contribution in [0.4, 0.5) is 0 Å². The minimum atomic E-state index is 0.719. The van der Waals surface area contributed by atoms with Crippen molar-refractivity contribution in [1.82, 2.24) is 15.1 Å². The third kappa shape index (κ3) is 2.10. The van der Waals surface area contributed by atoms with Gasteiger partial charge in [-0.15, -0.1) is 6.58 Å². The lowest BCUT2D eigenvalue weighted by Crippen LogP contribution is -2.26. The van der Waals surface area contributed by atoms with E-state index in [2.05, 4.69) is 42.3 Å². The van der Waals surface area contributed by atoms with Crippen molar-refractivity contribution in [2.75, 3.05) is 6.54 Å². The molecule has 21 heavy (non-hydrogen) atoms. The normalized spacial score (nSPS) is 31.2. The van der Waals surface area contributed by atoms with Gasteiger partial charge >= 0.3 is 0 Å². The molecule has 1 aromatic rings. The van der Waals surface area contributed by atoms with Crippen molar-refractivity contribution in [3.8, 4) is 0 Å². The Labute approximate surface area is 127 Å². The maximum atomic E-state index is 4.52. The van der Waals surface area contributed by atoms with Gasteiger partial charge in [0.2, 0.25) is 0 Å². The van der Waals surface area contributed by atoms with Crippen molar-refractivity contribution in [3.63, 3.8) is 0 Å². The van der Waals surface area contributed by atoms with E-state index in [0.29, 0.717) is 0 Å². The van der Waals surface area contributed by atoms with Crippen LogP contribution in [0.3, 0.4) is 0 Å². The molecule has 0 unspecified atom stereocenters. The van der Waals surface area contributed by atoms with Crippen LogP contribution in [0.2, 0.25) is 0 Å². The Bertz CT molecular complexity index is 579. The molecule has 1 spiro atoms. The van der Waals surface area contributed by atoms with Gasteiger partial charge in [-0.1, -0.05) is 18.2 Å². The van der Waals surface area contributed by atoms with Crippen LogP contribution in [0.15, 0.2) is 31.0 Å². The van der Waals surface area contributed by atoms with Crippen molar-refractivity contribution in [3.05, 3.63) is 42.3 Å². The molecule has 1 aromatic heterocycles. The van der Waals surface area contributed by atoms with Gasteiger partial charge in [0.05, 0.1) is 12.2 Å². The molecule has 3 aliphatic rings. The molecule has 112 valence electrons. The lowest BCUT2D eigenvalue weighted by atomic mass is 9.89. The van der Waals surface area contributed by atoms with Crippen molar-refractivity contribution in [1.29, 1.82) is 0 Å². The molecule has 2 saturated carbocycles. The van der Waals surface area contributed by atoms with Crippen molar-refractivity contribution in [2.24, 2.45) is 23.2 Å². The molecule has 2 bridgehead atoms. The fourth-order valence-corrected chi connectivity index (χ4v) is 4.71. The lowest BCUT2D eigenvalue weighted by Gasteiger charge is -2.20. The number of nitrogens with zero attached hydrogens (tertiary/aromatic N) is 2. The Morgan fingerprint density at radius 2 is 2.33 bits per heavy atom. The number of aromatic nitrogens is 2. The zero-order valence-electron chi connectivity index (χ0n) is 12.9. The molecule has 0 amide bonds. The van der Waals surface area contributed by atoms with Crippen LogP contribution in [0.1, 0.15) is 30.5 Å². The molecule has 0 radical (unpaired) electrons. The molecule has 0 aliphatic heterocycles. The summed E-state index contributed by atoms with van der Waals surface area (Å²) in [5, 5.41) is 8.19. The predicted octanol–water partition coefficient (Wildman–Crippen LogP) is 3.07. The largest absolute Gasteiger partial charge is 0.312 e. The topological polar surface area (TPSA) is 29.9 Å². The van der Waals surface area contributed by atoms with Gasteiger partial charge in [0, 0.05) is 18.3 Å². The number of rotatable bonds is 6. The summed E-state index contributed by atoms with van der Waals surface area (Å²) in [5.74, 6) is 2.61. The SMILES string of the molecule is C=CCn1cc(CNC[C@@H]2C[C@@H]3C=C[C@H]2C32CC2)c(C)n1. The molecule has 1 N–H and O–H groups in total. The average molecular weight is 283 g/mol. The van der Waals surface area contributed by atoms with Gasteiger partial charge < -0.3 is 5.32 Å². The molecule has 2 fully saturated rings. The smallest absolute Gasteiger partial charge is 0.0638 e. The van der Waals surface area contributed by atoms with E-state index in [1.807, 2.05) is 10.8 Å². The highest BCUT2D eigenvalue weighted by molar-refractivity contribution is 5.26. The number of hydrogen-bond donors (Lipinski definition) is 1. The molecule has 0 aromatic carbocycles. The lowest BCUT2D eigenvalue weighted by molar-refractivity contribution is 0.350. The summed E-state index contributed by atoms with van der Waals surface area (Å²) in [5.41, 5.74) is 3.17. The van der Waals surface area contributed by atoms with E-state index < -0.39 is 0 Å². The second-order valence-corrected chi connectivity index (χ2v) is 7.13. The standard InChI is InChI=1S/C18H25N3/c1-3-8-21-12-15(13(2)20-21)11-19-10-14-9-16-4-5-17(14)18(16)6-7-18/h3-5,12,14,16-17,19H,1,6-11H2,2H3/t14-,16-,17+/m0/s1. The highest BCUT2D eigenvalue weighted by Crippen LogP contribution is 2.69. The summed E-state index contributed by atoms with van der Waals surface area (Å²) in [6.07, 6.45) is 13.4. The molecular formula is C18H25N3. The van der Waals surface area contributed by atoms with Gasteiger partial charge in [-0.3, -0.25) is 4.68 Å². The first-order valence-corrected chi connectivity index (χ1v) is 8.26. The Balaban J connectivity index is 1.32.